The van der Waals surface area contributed by atoms with E-state index in [0.29, 0.717) is 11.0 Å². The minimum absolute atomic E-state index is 0.199. The zero-order valence-electron chi connectivity index (χ0n) is 8.57. The summed E-state index contributed by atoms with van der Waals surface area (Å²) in [6.45, 7) is 0.348. The lowest BCUT2D eigenvalue weighted by molar-refractivity contribution is -0.865. The molecule has 1 N–H and O–H groups in total. The second-order valence-corrected chi connectivity index (χ2v) is 4.34. The normalized spacial score (nSPS) is 17.9. The summed E-state index contributed by atoms with van der Waals surface area (Å²) in [7, 11) is 5.66. The number of carbonyl (C=O) groups excluding carboxylic acids is 2. The predicted molar refractivity (Wildman–Crippen MR) is 51.7 cm³/mol. The molecule has 1 aliphatic carbocycles. The van der Waals surface area contributed by atoms with Crippen LogP contribution in [-0.4, -0.2) is 48.8 Å². The van der Waals surface area contributed by atoms with Crippen LogP contribution in [0.25, 0.3) is 0 Å². The molecule has 4 nitrogen and oxygen atoms in total. The molecule has 0 aliphatic heterocycles. The van der Waals surface area contributed by atoms with Crippen LogP contribution in [0.5, 0.6) is 0 Å². The summed E-state index contributed by atoms with van der Waals surface area (Å²) in [5.74, 6) is -1.19. The van der Waals surface area contributed by atoms with Gasteiger partial charge in [-0.2, -0.15) is 0 Å². The van der Waals surface area contributed by atoms with E-state index in [-0.39, 0.29) is 11.4 Å². The third-order valence-corrected chi connectivity index (χ3v) is 1.84. The Bertz CT molecular complexity index is 345. The second-order valence-electron chi connectivity index (χ2n) is 4.34. The van der Waals surface area contributed by atoms with Crippen molar-refractivity contribution in [3.63, 3.8) is 0 Å². The van der Waals surface area contributed by atoms with Gasteiger partial charge in [0.2, 0.25) is 5.78 Å². The molecule has 0 aromatic heterocycles. The third kappa shape index (κ3) is 2.29. The van der Waals surface area contributed by atoms with Gasteiger partial charge in [0.15, 0.2) is 11.5 Å². The van der Waals surface area contributed by atoms with Gasteiger partial charge in [-0.05, 0) is 12.2 Å². The molecule has 1 rings (SSSR count). The summed E-state index contributed by atoms with van der Waals surface area (Å²) >= 11 is 0. The number of likely N-dealkylation sites (N-methyl/N-ethyl adjacent to an activating group) is 1. The molecule has 0 aromatic rings. The Labute approximate surface area is 82.7 Å². The number of aliphatic hydroxyl groups excluding tert-OH is 1. The highest BCUT2D eigenvalue weighted by atomic mass is 16.3. The van der Waals surface area contributed by atoms with Crippen molar-refractivity contribution in [2.24, 2.45) is 0 Å². The van der Waals surface area contributed by atoms with E-state index in [4.69, 9.17) is 0 Å². The molecule has 1 aliphatic rings. The molecular formula is C10H14NO3+. The van der Waals surface area contributed by atoms with Gasteiger partial charge in [0.05, 0.1) is 26.7 Å². The van der Waals surface area contributed by atoms with E-state index >= 15 is 0 Å². The fourth-order valence-electron chi connectivity index (χ4n) is 1.22. The van der Waals surface area contributed by atoms with Crippen molar-refractivity contribution in [3.05, 3.63) is 23.5 Å². The fraction of sp³-hybridized carbons (Fsp3) is 0.400. The largest absolute Gasteiger partial charge is 0.504 e. The SMILES string of the molecule is C[N+](C)(C)CC1=C(O)C(=O)C=CC1=O. The van der Waals surface area contributed by atoms with Gasteiger partial charge in [-0.15, -0.1) is 0 Å². The molecule has 14 heavy (non-hydrogen) atoms. The number of rotatable bonds is 2. The van der Waals surface area contributed by atoms with Gasteiger partial charge in [0.25, 0.3) is 0 Å². The van der Waals surface area contributed by atoms with Gasteiger partial charge in [-0.1, -0.05) is 0 Å². The highest BCUT2D eigenvalue weighted by Crippen LogP contribution is 2.14. The number of hydrogen-bond acceptors (Lipinski definition) is 3. The van der Waals surface area contributed by atoms with Crippen LogP contribution in [0, 0.1) is 0 Å². The maximum atomic E-state index is 11.4. The maximum Gasteiger partial charge on any atom is 0.220 e. The van der Waals surface area contributed by atoms with Crippen LogP contribution >= 0.6 is 0 Å². The molecular weight excluding hydrogens is 182 g/mol. The van der Waals surface area contributed by atoms with Crippen LogP contribution < -0.4 is 0 Å². The van der Waals surface area contributed by atoms with Gasteiger partial charge in [0.1, 0.15) is 6.54 Å². The summed E-state index contributed by atoms with van der Waals surface area (Å²) in [5, 5.41) is 9.42. The molecule has 0 fully saturated rings. The molecule has 4 heteroatoms. The van der Waals surface area contributed by atoms with Crippen molar-refractivity contribution in [1.29, 1.82) is 0 Å². The molecule has 0 heterocycles. The zero-order chi connectivity index (χ0) is 10.9. The molecule has 0 saturated heterocycles. The average molecular weight is 196 g/mol. The Balaban J connectivity index is 3.00. The number of hydrogen-bond donors (Lipinski definition) is 1. The summed E-state index contributed by atoms with van der Waals surface area (Å²) in [6, 6.07) is 0. The molecule has 0 atom stereocenters. The highest BCUT2D eigenvalue weighted by Gasteiger charge is 2.26. The fourth-order valence-corrected chi connectivity index (χ4v) is 1.22. The quantitative estimate of drug-likeness (QED) is 0.507. The second kappa shape index (κ2) is 3.38. The van der Waals surface area contributed by atoms with E-state index in [1.165, 1.54) is 6.08 Å². The minimum Gasteiger partial charge on any atom is -0.504 e. The smallest absolute Gasteiger partial charge is 0.220 e. The third-order valence-electron chi connectivity index (χ3n) is 1.84. The molecule has 0 radical (unpaired) electrons. The number of aliphatic hydroxyl groups is 1. The lowest BCUT2D eigenvalue weighted by Crippen LogP contribution is -2.39. The van der Waals surface area contributed by atoms with Crippen LogP contribution in [0.3, 0.4) is 0 Å². The van der Waals surface area contributed by atoms with E-state index in [9.17, 15) is 14.7 Å². The van der Waals surface area contributed by atoms with Crippen molar-refractivity contribution in [1.82, 2.24) is 0 Å². The first-order valence-electron chi connectivity index (χ1n) is 4.30. The monoisotopic (exact) mass is 196 g/mol. The van der Waals surface area contributed by atoms with Crippen LogP contribution in [0.2, 0.25) is 0 Å². The number of nitrogens with zero attached hydrogens (tertiary/aromatic N) is 1. The van der Waals surface area contributed by atoms with Crippen LogP contribution in [0.1, 0.15) is 0 Å². The number of ketones is 2. The Morgan fingerprint density at radius 3 is 2.14 bits per heavy atom. The van der Waals surface area contributed by atoms with E-state index in [1.807, 2.05) is 21.1 Å². The van der Waals surface area contributed by atoms with Crippen LogP contribution in [0.4, 0.5) is 0 Å². The van der Waals surface area contributed by atoms with Gasteiger partial charge in [-0.25, -0.2) is 0 Å². The first-order valence-corrected chi connectivity index (χ1v) is 4.30. The Morgan fingerprint density at radius 1 is 1.14 bits per heavy atom. The number of quaternary nitrogens is 1. The van der Waals surface area contributed by atoms with E-state index < -0.39 is 11.5 Å². The summed E-state index contributed by atoms with van der Waals surface area (Å²) in [4.78, 5) is 22.4. The topological polar surface area (TPSA) is 54.4 Å². The molecule has 0 aromatic carbocycles. The van der Waals surface area contributed by atoms with Gasteiger partial charge < -0.3 is 9.59 Å². The summed E-state index contributed by atoms with van der Waals surface area (Å²) < 4.78 is 0.492. The minimum atomic E-state index is -0.493. The van der Waals surface area contributed by atoms with Crippen molar-refractivity contribution >= 4 is 11.6 Å². The Hall–Kier alpha value is -1.42. The Kier molecular flexibility index (Phi) is 2.57. The van der Waals surface area contributed by atoms with E-state index in [2.05, 4.69) is 0 Å². The predicted octanol–water partition coefficient (Wildman–Crippen LogP) is 0.213. The van der Waals surface area contributed by atoms with E-state index in [1.54, 1.807) is 0 Å². The maximum absolute atomic E-state index is 11.4. The number of carbonyl (C=O) groups is 2. The first-order chi connectivity index (χ1) is 6.31. The Morgan fingerprint density at radius 2 is 1.64 bits per heavy atom. The molecule has 0 saturated carbocycles. The standard InChI is InChI=1S/C10H13NO3/c1-11(2,3)6-7-8(12)4-5-9(13)10(7)14/h4-5H,6H2,1-3H3/p+1. The van der Waals surface area contributed by atoms with Crippen molar-refractivity contribution in [2.45, 2.75) is 0 Å². The molecule has 0 spiro atoms. The highest BCUT2D eigenvalue weighted by molar-refractivity contribution is 6.19. The van der Waals surface area contributed by atoms with Crippen molar-refractivity contribution in [2.75, 3.05) is 27.7 Å². The zero-order valence-corrected chi connectivity index (χ0v) is 8.57. The van der Waals surface area contributed by atoms with E-state index in [0.717, 1.165) is 6.08 Å². The molecule has 0 unspecified atom stereocenters. The molecule has 0 bridgehead atoms. The van der Waals surface area contributed by atoms with Gasteiger partial charge in [0, 0.05) is 0 Å². The average Bonchev–Trinajstić information content (AvgIpc) is 2.04. The van der Waals surface area contributed by atoms with Gasteiger partial charge >= 0.3 is 0 Å². The first kappa shape index (κ1) is 10.7. The van der Waals surface area contributed by atoms with Crippen LogP contribution in [-0.2, 0) is 9.59 Å². The lowest BCUT2D eigenvalue weighted by atomic mass is 10.0. The molecule has 76 valence electrons. The molecule has 0 amide bonds. The summed E-state index contributed by atoms with van der Waals surface area (Å²) in [6.07, 6.45) is 2.30. The number of allylic oxidation sites excluding steroid dienone is 2. The summed E-state index contributed by atoms with van der Waals surface area (Å²) in [5.41, 5.74) is 0.199. The van der Waals surface area contributed by atoms with Crippen molar-refractivity contribution in [3.8, 4) is 0 Å². The van der Waals surface area contributed by atoms with Crippen molar-refractivity contribution < 1.29 is 19.2 Å². The lowest BCUT2D eigenvalue weighted by Gasteiger charge is -2.25. The van der Waals surface area contributed by atoms with Crippen LogP contribution in [0.15, 0.2) is 23.5 Å². The van der Waals surface area contributed by atoms with Gasteiger partial charge in [-0.3, -0.25) is 9.59 Å².